The van der Waals surface area contributed by atoms with Crippen molar-refractivity contribution in [3.63, 3.8) is 0 Å². The number of aromatic nitrogens is 1. The molecule has 0 radical (unpaired) electrons. The van der Waals surface area contributed by atoms with E-state index in [1.54, 1.807) is 0 Å². The maximum absolute atomic E-state index is 12.7. The fourth-order valence-electron chi connectivity index (χ4n) is 1.66. The average molecular weight is 322 g/mol. The highest BCUT2D eigenvalue weighted by Crippen LogP contribution is 2.30. The molecule has 2 rings (SSSR count). The lowest BCUT2D eigenvalue weighted by Crippen LogP contribution is -2.21. The predicted molar refractivity (Wildman–Crippen MR) is 68.7 cm³/mol. The van der Waals surface area contributed by atoms with Crippen molar-refractivity contribution >= 4 is 11.6 Å². The Morgan fingerprint density at radius 1 is 1.19 bits per heavy atom. The molecule has 3 nitrogen and oxygen atoms in total. The molecule has 21 heavy (non-hydrogen) atoms. The summed E-state index contributed by atoms with van der Waals surface area (Å²) >= 11 is 5.55. The molecule has 0 aliphatic rings. The highest BCUT2D eigenvalue weighted by Gasteiger charge is 2.32. The summed E-state index contributed by atoms with van der Waals surface area (Å²) in [5.41, 5.74) is -1.68. The van der Waals surface area contributed by atoms with Crippen molar-refractivity contribution in [1.29, 1.82) is 0 Å². The van der Waals surface area contributed by atoms with Gasteiger partial charge in [0.15, 0.2) is 0 Å². The van der Waals surface area contributed by atoms with Gasteiger partial charge in [-0.1, -0.05) is 11.6 Å². The van der Waals surface area contributed by atoms with Crippen molar-refractivity contribution in [3.8, 4) is 11.4 Å². The summed E-state index contributed by atoms with van der Waals surface area (Å²) in [6, 6.07) is 5.87. The second-order valence-electron chi connectivity index (χ2n) is 4.00. The Hall–Kier alpha value is -2.02. The van der Waals surface area contributed by atoms with Crippen LogP contribution in [0.25, 0.3) is 5.69 Å². The van der Waals surface area contributed by atoms with Crippen molar-refractivity contribution in [2.75, 3.05) is 6.86 Å². The van der Waals surface area contributed by atoms with E-state index in [1.807, 2.05) is 0 Å². The maximum atomic E-state index is 12.7. The molecule has 0 saturated heterocycles. The van der Waals surface area contributed by atoms with Crippen LogP contribution in [0.4, 0.5) is 17.6 Å². The van der Waals surface area contributed by atoms with Crippen LogP contribution in [0.1, 0.15) is 5.56 Å². The van der Waals surface area contributed by atoms with Crippen LogP contribution >= 0.6 is 11.6 Å². The second kappa shape index (κ2) is 5.77. The number of pyridine rings is 1. The van der Waals surface area contributed by atoms with E-state index in [0.29, 0.717) is 12.3 Å². The van der Waals surface area contributed by atoms with E-state index in [4.69, 9.17) is 11.6 Å². The van der Waals surface area contributed by atoms with Crippen molar-refractivity contribution in [3.05, 3.63) is 57.5 Å². The van der Waals surface area contributed by atoms with Gasteiger partial charge in [0, 0.05) is 11.9 Å². The Morgan fingerprint density at radius 3 is 2.33 bits per heavy atom. The molecule has 0 aliphatic heterocycles. The molecule has 0 atom stereocenters. The zero-order valence-corrected chi connectivity index (χ0v) is 11.1. The van der Waals surface area contributed by atoms with Gasteiger partial charge in [-0.2, -0.15) is 13.2 Å². The zero-order chi connectivity index (χ0) is 15.6. The molecule has 0 unspecified atom stereocenters. The lowest BCUT2D eigenvalue weighted by Gasteiger charge is -2.12. The molecule has 1 heterocycles. The summed E-state index contributed by atoms with van der Waals surface area (Å²) in [4.78, 5) is 11.8. The maximum Gasteiger partial charge on any atom is 0.417 e. The van der Waals surface area contributed by atoms with E-state index < -0.39 is 29.2 Å². The van der Waals surface area contributed by atoms with Crippen LogP contribution in [-0.4, -0.2) is 11.4 Å². The van der Waals surface area contributed by atoms with Gasteiger partial charge in [-0.25, -0.2) is 4.39 Å². The van der Waals surface area contributed by atoms with Crippen LogP contribution in [0, 0.1) is 0 Å². The SMILES string of the molecule is O=c1c(Cl)cc(C(F)(F)F)cn1-c1ccc(OCF)cc1. The zero-order valence-electron chi connectivity index (χ0n) is 10.3. The van der Waals surface area contributed by atoms with Crippen molar-refractivity contribution in [2.45, 2.75) is 6.18 Å². The minimum absolute atomic E-state index is 0.152. The van der Waals surface area contributed by atoms with Gasteiger partial charge in [0.2, 0.25) is 6.86 Å². The first-order valence-electron chi connectivity index (χ1n) is 5.61. The molecule has 1 aromatic carbocycles. The van der Waals surface area contributed by atoms with Crippen molar-refractivity contribution in [1.82, 2.24) is 4.57 Å². The third-order valence-electron chi connectivity index (χ3n) is 2.64. The predicted octanol–water partition coefficient (Wildman–Crippen LogP) is 3.82. The van der Waals surface area contributed by atoms with Gasteiger partial charge in [-0.3, -0.25) is 9.36 Å². The fraction of sp³-hybridized carbons (Fsp3) is 0.154. The highest BCUT2D eigenvalue weighted by molar-refractivity contribution is 6.30. The number of hydrogen-bond acceptors (Lipinski definition) is 2. The summed E-state index contributed by atoms with van der Waals surface area (Å²) in [6.07, 6.45) is -3.98. The largest absolute Gasteiger partial charge is 0.463 e. The van der Waals surface area contributed by atoms with Gasteiger partial charge < -0.3 is 4.74 Å². The number of rotatable bonds is 3. The monoisotopic (exact) mass is 321 g/mol. The first-order chi connectivity index (χ1) is 9.82. The summed E-state index contributed by atoms with van der Waals surface area (Å²) in [5, 5.41) is -0.547. The quantitative estimate of drug-likeness (QED) is 0.805. The molecule has 8 heteroatoms. The Kier molecular flexibility index (Phi) is 4.22. The first kappa shape index (κ1) is 15.4. The Balaban J connectivity index is 2.52. The van der Waals surface area contributed by atoms with Gasteiger partial charge in [0.25, 0.3) is 5.56 Å². The van der Waals surface area contributed by atoms with E-state index >= 15 is 0 Å². The van der Waals surface area contributed by atoms with Crippen LogP contribution in [0.15, 0.2) is 41.3 Å². The molecule has 0 bridgehead atoms. The number of alkyl halides is 4. The molecule has 0 saturated carbocycles. The average Bonchev–Trinajstić information content (AvgIpc) is 2.42. The van der Waals surface area contributed by atoms with Crippen molar-refractivity contribution in [2.24, 2.45) is 0 Å². The van der Waals surface area contributed by atoms with Gasteiger partial charge in [0.05, 0.1) is 5.56 Å². The van der Waals surface area contributed by atoms with Gasteiger partial charge in [0.1, 0.15) is 10.8 Å². The van der Waals surface area contributed by atoms with E-state index in [9.17, 15) is 22.4 Å². The lowest BCUT2D eigenvalue weighted by molar-refractivity contribution is -0.138. The molecule has 112 valence electrons. The summed E-state index contributed by atoms with van der Waals surface area (Å²) in [5.74, 6) is 0.187. The number of halogens is 5. The van der Waals surface area contributed by atoms with Crippen LogP contribution < -0.4 is 10.3 Å². The lowest BCUT2D eigenvalue weighted by atomic mass is 10.2. The molecular formula is C13H8ClF4NO2. The number of hydrogen-bond donors (Lipinski definition) is 0. The van der Waals surface area contributed by atoms with E-state index in [1.165, 1.54) is 24.3 Å². The van der Waals surface area contributed by atoms with E-state index in [-0.39, 0.29) is 11.4 Å². The van der Waals surface area contributed by atoms with E-state index in [2.05, 4.69) is 4.74 Å². The standard InChI is InChI=1S/C13H8ClF4NO2/c14-11-5-8(13(16,17)18)6-19(12(11)20)9-1-3-10(4-2-9)21-7-15/h1-6H,7H2. The third kappa shape index (κ3) is 3.36. The number of benzene rings is 1. The molecule has 0 spiro atoms. The number of nitrogens with zero attached hydrogens (tertiary/aromatic N) is 1. The molecule has 0 N–H and O–H groups in total. The minimum Gasteiger partial charge on any atom is -0.463 e. The van der Waals surface area contributed by atoms with Crippen molar-refractivity contribution < 1.29 is 22.3 Å². The van der Waals surface area contributed by atoms with Crippen LogP contribution in [0.3, 0.4) is 0 Å². The molecule has 0 amide bonds. The van der Waals surface area contributed by atoms with Crippen LogP contribution in [0.5, 0.6) is 5.75 Å². The first-order valence-corrected chi connectivity index (χ1v) is 5.99. The normalized spacial score (nSPS) is 11.5. The highest BCUT2D eigenvalue weighted by atomic mass is 35.5. The molecule has 1 aromatic heterocycles. The Bertz CT molecular complexity index is 695. The molecular weight excluding hydrogens is 314 g/mol. The van der Waals surface area contributed by atoms with Gasteiger partial charge >= 0.3 is 6.18 Å². The molecule has 0 fully saturated rings. The smallest absolute Gasteiger partial charge is 0.417 e. The molecule has 2 aromatic rings. The summed E-state index contributed by atoms with van der Waals surface area (Å²) in [6.45, 7) is -1.03. The summed E-state index contributed by atoms with van der Waals surface area (Å²) < 4.78 is 55.5. The fourth-order valence-corrected chi connectivity index (χ4v) is 1.87. The number of ether oxygens (including phenoxy) is 1. The van der Waals surface area contributed by atoms with Crippen LogP contribution in [0.2, 0.25) is 5.02 Å². The second-order valence-corrected chi connectivity index (χ2v) is 4.40. The van der Waals surface area contributed by atoms with Gasteiger partial charge in [-0.05, 0) is 30.3 Å². The third-order valence-corrected chi connectivity index (χ3v) is 2.91. The Morgan fingerprint density at radius 2 is 1.81 bits per heavy atom. The minimum atomic E-state index is -4.63. The van der Waals surface area contributed by atoms with E-state index in [0.717, 1.165) is 4.57 Å². The van der Waals surface area contributed by atoms with Gasteiger partial charge in [-0.15, -0.1) is 0 Å². The molecule has 0 aliphatic carbocycles. The Labute approximate surface area is 121 Å². The topological polar surface area (TPSA) is 31.2 Å². The summed E-state index contributed by atoms with van der Waals surface area (Å²) in [7, 11) is 0. The van der Waals surface area contributed by atoms with Crippen LogP contribution in [-0.2, 0) is 6.18 Å².